The minimum absolute atomic E-state index is 0.190. The number of carbonyl (C=O) groups excluding carboxylic acids is 1. The van der Waals surface area contributed by atoms with Crippen LogP contribution in [-0.4, -0.2) is 46.6 Å². The van der Waals surface area contributed by atoms with Gasteiger partial charge in [0.25, 0.3) is 5.91 Å². The van der Waals surface area contributed by atoms with Gasteiger partial charge in [-0.15, -0.1) is 0 Å². The van der Waals surface area contributed by atoms with E-state index in [-0.39, 0.29) is 12.5 Å². The molecule has 1 aliphatic heterocycles. The van der Waals surface area contributed by atoms with Crippen molar-refractivity contribution in [3.8, 4) is 0 Å². The zero-order valence-corrected chi connectivity index (χ0v) is 14.0. The van der Waals surface area contributed by atoms with E-state index in [1.165, 1.54) is 23.5 Å². The first-order valence-electron chi connectivity index (χ1n) is 7.98. The van der Waals surface area contributed by atoms with Gasteiger partial charge in [-0.1, -0.05) is 35.9 Å². The molecule has 126 valence electrons. The molecule has 0 saturated heterocycles. The Morgan fingerprint density at radius 2 is 2.12 bits per heavy atom. The maximum absolute atomic E-state index is 12.1. The summed E-state index contributed by atoms with van der Waals surface area (Å²) in [5.41, 5.74) is 3.05. The number of nitrogens with one attached hydrogen (secondary N) is 1. The number of aromatic nitrogens is 1. The number of β-amino-alcohol motifs (C(OH)–C–C–N with tert-alkyl or cyclic N) is 1. The van der Waals surface area contributed by atoms with E-state index in [0.717, 1.165) is 19.5 Å². The molecule has 0 spiro atoms. The molecule has 1 aliphatic rings. The number of hydrogen-bond donors (Lipinski definition) is 2. The molecule has 1 aromatic carbocycles. The lowest BCUT2D eigenvalue weighted by atomic mass is 10.00. The number of nitrogens with zero attached hydrogens (tertiary/aromatic N) is 2. The van der Waals surface area contributed by atoms with Crippen LogP contribution in [0.5, 0.6) is 0 Å². The number of rotatable bonds is 5. The minimum atomic E-state index is -0.625. The first-order chi connectivity index (χ1) is 11.6. The summed E-state index contributed by atoms with van der Waals surface area (Å²) in [4.78, 5) is 18.1. The summed E-state index contributed by atoms with van der Waals surface area (Å²) in [6.45, 7) is 2.46. The largest absolute Gasteiger partial charge is 0.390 e. The van der Waals surface area contributed by atoms with Gasteiger partial charge in [-0.05, 0) is 23.6 Å². The molecule has 24 heavy (non-hydrogen) atoms. The number of benzene rings is 1. The summed E-state index contributed by atoms with van der Waals surface area (Å²) in [5.74, 6) is -0.301. The number of fused-ring (bicyclic) bond motifs is 1. The maximum Gasteiger partial charge on any atom is 0.253 e. The van der Waals surface area contributed by atoms with Crippen molar-refractivity contribution in [2.75, 3.05) is 19.6 Å². The average Bonchev–Trinajstić information content (AvgIpc) is 2.60. The van der Waals surface area contributed by atoms with E-state index in [4.69, 9.17) is 11.6 Å². The first kappa shape index (κ1) is 16.9. The summed E-state index contributed by atoms with van der Waals surface area (Å²) < 4.78 is 0. The molecule has 0 fully saturated rings. The van der Waals surface area contributed by atoms with E-state index in [0.29, 0.717) is 17.1 Å². The van der Waals surface area contributed by atoms with Crippen LogP contribution >= 0.6 is 11.6 Å². The molecule has 6 heteroatoms. The number of carbonyl (C=O) groups is 1. The molecule has 2 heterocycles. The Morgan fingerprint density at radius 3 is 2.92 bits per heavy atom. The topological polar surface area (TPSA) is 65.5 Å². The molecule has 0 aliphatic carbocycles. The van der Waals surface area contributed by atoms with Gasteiger partial charge in [-0.25, -0.2) is 0 Å². The number of amides is 1. The Hall–Kier alpha value is -1.95. The molecule has 0 saturated carbocycles. The average molecular weight is 346 g/mol. The Balaban J connectivity index is 1.49. The highest BCUT2D eigenvalue weighted by Gasteiger charge is 2.19. The number of halogens is 1. The second-order valence-corrected chi connectivity index (χ2v) is 6.38. The lowest BCUT2D eigenvalue weighted by molar-refractivity contribution is 0.0842. The molecule has 3 rings (SSSR count). The highest BCUT2D eigenvalue weighted by molar-refractivity contribution is 6.33. The number of aliphatic hydroxyl groups is 1. The zero-order chi connectivity index (χ0) is 16.9. The zero-order valence-electron chi connectivity index (χ0n) is 13.3. The highest BCUT2D eigenvalue weighted by atomic mass is 35.5. The summed E-state index contributed by atoms with van der Waals surface area (Å²) in [7, 11) is 0. The lowest BCUT2D eigenvalue weighted by Gasteiger charge is -2.30. The molecular formula is C18H20ClN3O2. The van der Waals surface area contributed by atoms with Gasteiger partial charge >= 0.3 is 0 Å². The van der Waals surface area contributed by atoms with Crippen molar-refractivity contribution in [3.05, 3.63) is 64.4 Å². The van der Waals surface area contributed by atoms with E-state index in [1.54, 1.807) is 6.07 Å². The second kappa shape index (κ2) is 7.75. The van der Waals surface area contributed by atoms with Crippen LogP contribution in [0.15, 0.2) is 42.7 Å². The van der Waals surface area contributed by atoms with Gasteiger partial charge in [0.15, 0.2) is 0 Å². The van der Waals surface area contributed by atoms with Gasteiger partial charge in [-0.2, -0.15) is 0 Å². The van der Waals surface area contributed by atoms with Crippen LogP contribution in [0.2, 0.25) is 5.02 Å². The number of hydrogen-bond acceptors (Lipinski definition) is 4. The van der Waals surface area contributed by atoms with Crippen molar-refractivity contribution in [1.29, 1.82) is 0 Å². The normalized spacial score (nSPS) is 15.6. The molecule has 1 atom stereocenters. The monoisotopic (exact) mass is 345 g/mol. The maximum atomic E-state index is 12.1. The molecule has 0 bridgehead atoms. The van der Waals surface area contributed by atoms with Crippen LogP contribution in [0.25, 0.3) is 0 Å². The van der Waals surface area contributed by atoms with Crippen LogP contribution in [0, 0.1) is 0 Å². The third-order valence-corrected chi connectivity index (χ3v) is 4.50. The Labute approximate surface area is 146 Å². The first-order valence-corrected chi connectivity index (χ1v) is 8.36. The minimum Gasteiger partial charge on any atom is -0.390 e. The van der Waals surface area contributed by atoms with E-state index >= 15 is 0 Å². The summed E-state index contributed by atoms with van der Waals surface area (Å²) in [6.07, 6.45) is 3.31. The van der Waals surface area contributed by atoms with Gasteiger partial charge in [0.1, 0.15) is 0 Å². The molecule has 2 N–H and O–H groups in total. The van der Waals surface area contributed by atoms with E-state index in [1.807, 2.05) is 6.07 Å². The van der Waals surface area contributed by atoms with Crippen LogP contribution < -0.4 is 5.32 Å². The van der Waals surface area contributed by atoms with Gasteiger partial charge in [0.05, 0.1) is 16.7 Å². The Kier molecular flexibility index (Phi) is 5.45. The van der Waals surface area contributed by atoms with Crippen LogP contribution in [-0.2, 0) is 13.0 Å². The SMILES string of the molecule is O=C(NCC(O)CN1CCc2ccccc2C1)c1ccncc1Cl. The fourth-order valence-electron chi connectivity index (χ4n) is 2.94. The van der Waals surface area contributed by atoms with E-state index < -0.39 is 6.10 Å². The van der Waals surface area contributed by atoms with Gasteiger partial charge in [0.2, 0.25) is 0 Å². The highest BCUT2D eigenvalue weighted by Crippen LogP contribution is 2.18. The van der Waals surface area contributed by atoms with Crippen LogP contribution in [0.3, 0.4) is 0 Å². The molecular weight excluding hydrogens is 326 g/mol. The molecule has 0 radical (unpaired) electrons. The fraction of sp³-hybridized carbons (Fsp3) is 0.333. The summed E-state index contributed by atoms with van der Waals surface area (Å²) in [6, 6.07) is 9.94. The quantitative estimate of drug-likeness (QED) is 0.868. The molecule has 1 aromatic heterocycles. The number of pyridine rings is 1. The Morgan fingerprint density at radius 1 is 1.33 bits per heavy atom. The van der Waals surface area contributed by atoms with Gasteiger partial charge < -0.3 is 10.4 Å². The number of aliphatic hydroxyl groups excluding tert-OH is 1. The van der Waals surface area contributed by atoms with Crippen molar-refractivity contribution in [1.82, 2.24) is 15.2 Å². The van der Waals surface area contributed by atoms with Gasteiger partial charge in [-0.3, -0.25) is 14.7 Å². The van der Waals surface area contributed by atoms with Gasteiger partial charge in [0, 0.05) is 38.6 Å². The fourth-order valence-corrected chi connectivity index (χ4v) is 3.14. The lowest BCUT2D eigenvalue weighted by Crippen LogP contribution is -2.42. The summed E-state index contributed by atoms with van der Waals surface area (Å²) in [5, 5.41) is 13.2. The third-order valence-electron chi connectivity index (χ3n) is 4.19. The van der Waals surface area contributed by atoms with Crippen molar-refractivity contribution in [2.45, 2.75) is 19.1 Å². The second-order valence-electron chi connectivity index (χ2n) is 5.97. The Bertz CT molecular complexity index is 723. The smallest absolute Gasteiger partial charge is 0.253 e. The predicted molar refractivity (Wildman–Crippen MR) is 93.0 cm³/mol. The van der Waals surface area contributed by atoms with Crippen molar-refractivity contribution in [2.24, 2.45) is 0 Å². The molecule has 1 unspecified atom stereocenters. The standard InChI is InChI=1S/C18H20ClN3O2/c19-17-10-20-7-5-16(17)18(24)21-9-15(23)12-22-8-6-13-3-1-2-4-14(13)11-22/h1-5,7,10,15,23H,6,8-9,11-12H2,(H,21,24). The molecule has 5 nitrogen and oxygen atoms in total. The third kappa shape index (κ3) is 4.12. The van der Waals surface area contributed by atoms with Crippen LogP contribution in [0.4, 0.5) is 0 Å². The van der Waals surface area contributed by atoms with Crippen molar-refractivity contribution >= 4 is 17.5 Å². The van der Waals surface area contributed by atoms with Crippen molar-refractivity contribution < 1.29 is 9.90 Å². The van der Waals surface area contributed by atoms with Crippen LogP contribution in [0.1, 0.15) is 21.5 Å². The van der Waals surface area contributed by atoms with Crippen molar-refractivity contribution in [3.63, 3.8) is 0 Å². The predicted octanol–water partition coefficient (Wildman–Crippen LogP) is 1.88. The van der Waals surface area contributed by atoms with E-state index in [9.17, 15) is 9.90 Å². The molecule has 1 amide bonds. The molecule has 2 aromatic rings. The van der Waals surface area contributed by atoms with E-state index in [2.05, 4.69) is 33.4 Å². The summed E-state index contributed by atoms with van der Waals surface area (Å²) >= 11 is 5.94.